The minimum atomic E-state index is 0. The summed E-state index contributed by atoms with van der Waals surface area (Å²) in [7, 11) is 0. The van der Waals surface area contributed by atoms with Gasteiger partial charge in [-0.3, -0.25) is 9.59 Å². The normalized spacial score (nSPS) is 23.9. The number of carbonyl (C=O) groups is 2. The number of nitrogens with zero attached hydrogens (tertiary/aromatic N) is 2. The molecule has 0 bridgehead atoms. The van der Waals surface area contributed by atoms with Crippen LogP contribution in [0.25, 0.3) is 0 Å². The molecule has 5 nitrogen and oxygen atoms in total. The number of fused-ring (bicyclic) bond motifs is 2. The van der Waals surface area contributed by atoms with Gasteiger partial charge in [-0.15, -0.1) is 0 Å². The van der Waals surface area contributed by atoms with Gasteiger partial charge < -0.3 is 15.1 Å². The zero-order chi connectivity index (χ0) is 23.6. The van der Waals surface area contributed by atoms with Gasteiger partial charge in [0.15, 0.2) is 0 Å². The molecule has 1 spiro atoms. The smallest absolute Gasteiger partial charge is 0.223 e. The summed E-state index contributed by atoms with van der Waals surface area (Å²) in [6.07, 6.45) is 7.41. The number of hydrogen-bond acceptors (Lipinski definition) is 3. The van der Waals surface area contributed by atoms with E-state index in [1.165, 1.54) is 50.0 Å². The molecule has 1 aromatic carbocycles. The summed E-state index contributed by atoms with van der Waals surface area (Å²) in [4.78, 5) is 29.2. The summed E-state index contributed by atoms with van der Waals surface area (Å²) in [5, 5.41) is 3.40. The van der Waals surface area contributed by atoms with Crippen molar-refractivity contribution in [3.05, 3.63) is 35.4 Å². The van der Waals surface area contributed by atoms with E-state index in [1.54, 1.807) is 6.92 Å². The third-order valence-corrected chi connectivity index (χ3v) is 8.44. The number of piperidine rings is 2. The molecule has 0 unspecified atom stereocenters. The van der Waals surface area contributed by atoms with Gasteiger partial charge in [0.1, 0.15) is 0 Å². The van der Waals surface area contributed by atoms with Gasteiger partial charge in [-0.25, -0.2) is 0 Å². The SMILES string of the molecule is CC(=O)N1CCC(C(=O)N[C@@H]2CCC3(CCN(CCC(C)(C)C)CC3)c3ccccc32)CC1.[HH]. The van der Waals surface area contributed by atoms with E-state index in [0.29, 0.717) is 18.5 Å². The first kappa shape index (κ1) is 24.3. The van der Waals surface area contributed by atoms with E-state index < -0.39 is 0 Å². The third kappa shape index (κ3) is 5.62. The van der Waals surface area contributed by atoms with Crippen LogP contribution in [-0.2, 0) is 15.0 Å². The van der Waals surface area contributed by atoms with Gasteiger partial charge in [-0.1, -0.05) is 45.0 Å². The van der Waals surface area contributed by atoms with Crippen molar-refractivity contribution < 1.29 is 11.0 Å². The first-order chi connectivity index (χ1) is 15.7. The minimum Gasteiger partial charge on any atom is -0.349 e. The number of hydrogen-bond donors (Lipinski definition) is 1. The molecule has 5 heteroatoms. The second-order valence-corrected chi connectivity index (χ2v) is 11.9. The summed E-state index contributed by atoms with van der Waals surface area (Å²) < 4.78 is 0. The number of benzene rings is 1. The highest BCUT2D eigenvalue weighted by Gasteiger charge is 2.42. The molecule has 1 atom stereocenters. The van der Waals surface area contributed by atoms with Crippen molar-refractivity contribution in [1.82, 2.24) is 15.1 Å². The second-order valence-electron chi connectivity index (χ2n) is 11.9. The van der Waals surface area contributed by atoms with Gasteiger partial charge in [0.25, 0.3) is 0 Å². The topological polar surface area (TPSA) is 52.7 Å². The standard InChI is InChI=1S/C28H43N3O2.H2/c1-21(32)31-16-10-22(11-17-31)26(33)29-25-9-12-28(24-8-6-5-7-23(24)25)14-19-30(20-15-28)18-13-27(2,3)4;/h5-8,22,25H,9-20H2,1-4H3,(H,29,33);1H/t25-;/m1./s1. The van der Waals surface area contributed by atoms with E-state index in [-0.39, 0.29) is 30.6 Å². The van der Waals surface area contributed by atoms with Gasteiger partial charge in [-0.05, 0) is 86.5 Å². The molecular weight excluding hydrogens is 410 g/mol. The van der Waals surface area contributed by atoms with Crippen molar-refractivity contribution >= 4 is 11.8 Å². The molecule has 1 N–H and O–H groups in total. The average molecular weight is 456 g/mol. The Kier molecular flexibility index (Phi) is 7.18. The fourth-order valence-electron chi connectivity index (χ4n) is 6.11. The van der Waals surface area contributed by atoms with Gasteiger partial charge in [0.05, 0.1) is 6.04 Å². The highest BCUT2D eigenvalue weighted by atomic mass is 16.2. The molecule has 2 amide bonds. The summed E-state index contributed by atoms with van der Waals surface area (Å²) in [5.74, 6) is 0.311. The lowest BCUT2D eigenvalue weighted by Gasteiger charge is -2.47. The van der Waals surface area contributed by atoms with Crippen LogP contribution in [0.4, 0.5) is 0 Å². The maximum absolute atomic E-state index is 13.1. The van der Waals surface area contributed by atoms with Crippen molar-refractivity contribution in [2.24, 2.45) is 11.3 Å². The Balaban J connectivity index is 0.00000324. The van der Waals surface area contributed by atoms with Crippen LogP contribution in [0, 0.1) is 11.3 Å². The summed E-state index contributed by atoms with van der Waals surface area (Å²) in [6, 6.07) is 8.98. The van der Waals surface area contributed by atoms with E-state index in [1.807, 2.05) is 4.90 Å². The molecule has 2 aliphatic heterocycles. The Morgan fingerprint density at radius 2 is 1.70 bits per heavy atom. The van der Waals surface area contributed by atoms with Crippen molar-refractivity contribution in [3.8, 4) is 0 Å². The molecular formula is C28H45N3O2. The van der Waals surface area contributed by atoms with E-state index in [4.69, 9.17) is 0 Å². The van der Waals surface area contributed by atoms with Crippen LogP contribution in [0.5, 0.6) is 0 Å². The van der Waals surface area contributed by atoms with Crippen LogP contribution in [0.2, 0.25) is 0 Å². The van der Waals surface area contributed by atoms with Crippen molar-refractivity contribution in [1.29, 1.82) is 0 Å². The number of likely N-dealkylation sites (tertiary alicyclic amines) is 2. The number of rotatable bonds is 4. The fourth-order valence-corrected chi connectivity index (χ4v) is 6.11. The predicted molar refractivity (Wildman–Crippen MR) is 135 cm³/mol. The zero-order valence-corrected chi connectivity index (χ0v) is 21.2. The lowest BCUT2D eigenvalue weighted by Crippen LogP contribution is -2.48. The highest BCUT2D eigenvalue weighted by Crippen LogP contribution is 2.48. The Morgan fingerprint density at radius 3 is 2.33 bits per heavy atom. The highest BCUT2D eigenvalue weighted by molar-refractivity contribution is 5.80. The van der Waals surface area contributed by atoms with Crippen LogP contribution >= 0.6 is 0 Å². The van der Waals surface area contributed by atoms with Gasteiger partial charge in [-0.2, -0.15) is 0 Å². The summed E-state index contributed by atoms with van der Waals surface area (Å²) in [5.41, 5.74) is 3.47. The van der Waals surface area contributed by atoms with Crippen LogP contribution < -0.4 is 5.32 Å². The minimum absolute atomic E-state index is 0. The Labute approximate surface area is 201 Å². The van der Waals surface area contributed by atoms with E-state index in [2.05, 4.69) is 55.3 Å². The molecule has 1 aromatic rings. The molecule has 2 fully saturated rings. The van der Waals surface area contributed by atoms with Crippen molar-refractivity contribution in [2.75, 3.05) is 32.7 Å². The summed E-state index contributed by atoms with van der Waals surface area (Å²) in [6.45, 7) is 13.6. The van der Waals surface area contributed by atoms with Crippen molar-refractivity contribution in [2.45, 2.75) is 84.1 Å². The Bertz CT molecular complexity index is 849. The van der Waals surface area contributed by atoms with E-state index in [9.17, 15) is 9.59 Å². The molecule has 4 rings (SSSR count). The molecule has 0 saturated carbocycles. The molecule has 184 valence electrons. The number of carbonyl (C=O) groups excluding carboxylic acids is 2. The lowest BCUT2D eigenvalue weighted by molar-refractivity contribution is -0.134. The fraction of sp³-hybridized carbons (Fsp3) is 0.714. The molecule has 1 aliphatic carbocycles. The molecule has 0 aromatic heterocycles. The third-order valence-electron chi connectivity index (χ3n) is 8.44. The van der Waals surface area contributed by atoms with Crippen LogP contribution in [-0.4, -0.2) is 54.3 Å². The van der Waals surface area contributed by atoms with Gasteiger partial charge in [0.2, 0.25) is 11.8 Å². The largest absolute Gasteiger partial charge is 0.349 e. The number of nitrogens with one attached hydrogen (secondary N) is 1. The van der Waals surface area contributed by atoms with Crippen molar-refractivity contribution in [3.63, 3.8) is 0 Å². The monoisotopic (exact) mass is 455 g/mol. The van der Waals surface area contributed by atoms with E-state index in [0.717, 1.165) is 25.7 Å². The Hall–Kier alpha value is -1.88. The molecule has 2 heterocycles. The van der Waals surface area contributed by atoms with Crippen LogP contribution in [0.1, 0.15) is 91.2 Å². The van der Waals surface area contributed by atoms with Gasteiger partial charge in [0, 0.05) is 27.4 Å². The lowest BCUT2D eigenvalue weighted by atomic mass is 9.63. The first-order valence-electron chi connectivity index (χ1n) is 13.0. The van der Waals surface area contributed by atoms with Gasteiger partial charge >= 0.3 is 0 Å². The number of amides is 2. The first-order valence-corrected chi connectivity index (χ1v) is 13.0. The molecule has 2 saturated heterocycles. The van der Waals surface area contributed by atoms with E-state index >= 15 is 0 Å². The second kappa shape index (κ2) is 9.77. The average Bonchev–Trinajstić information content (AvgIpc) is 2.80. The maximum Gasteiger partial charge on any atom is 0.223 e. The quantitative estimate of drug-likeness (QED) is 0.702. The molecule has 33 heavy (non-hydrogen) atoms. The molecule has 3 aliphatic rings. The maximum atomic E-state index is 13.1. The Morgan fingerprint density at radius 1 is 1.03 bits per heavy atom. The molecule has 0 radical (unpaired) electrons. The van der Waals surface area contributed by atoms with Crippen LogP contribution in [0.3, 0.4) is 0 Å². The summed E-state index contributed by atoms with van der Waals surface area (Å²) >= 11 is 0. The zero-order valence-electron chi connectivity index (χ0n) is 21.2. The van der Waals surface area contributed by atoms with Crippen LogP contribution in [0.15, 0.2) is 24.3 Å². The predicted octanol–water partition coefficient (Wildman–Crippen LogP) is 4.91.